The van der Waals surface area contributed by atoms with Crippen molar-refractivity contribution >= 4 is 17.5 Å². The summed E-state index contributed by atoms with van der Waals surface area (Å²) in [6.07, 6.45) is 7.27. The van der Waals surface area contributed by atoms with Gasteiger partial charge in [-0.05, 0) is 23.3 Å². The molecule has 23 heavy (non-hydrogen) atoms. The van der Waals surface area contributed by atoms with Crippen LogP contribution in [-0.2, 0) is 17.8 Å². The maximum absolute atomic E-state index is 12.2. The average Bonchev–Trinajstić information content (AvgIpc) is 3.06. The molecule has 1 N–H and O–H groups in total. The summed E-state index contributed by atoms with van der Waals surface area (Å²) in [6, 6.07) is 11.3. The second-order valence-corrected chi connectivity index (χ2v) is 5.14. The number of carbonyl (C=O) groups is 1. The van der Waals surface area contributed by atoms with E-state index >= 15 is 0 Å². The lowest BCUT2D eigenvalue weighted by Crippen LogP contribution is -2.23. The van der Waals surface area contributed by atoms with Gasteiger partial charge < -0.3 is 9.72 Å². The quantitative estimate of drug-likeness (QED) is 0.735. The molecule has 0 spiro atoms. The monoisotopic (exact) mass is 305 g/mol. The molecule has 2 aromatic heterocycles. The van der Waals surface area contributed by atoms with Crippen molar-refractivity contribution in [3.05, 3.63) is 77.8 Å². The van der Waals surface area contributed by atoms with Crippen molar-refractivity contribution in [1.82, 2.24) is 14.7 Å². The SMILES string of the molecule is O=C=CCc1ccc(CNC(=O)c2ccc3nccn3c2)cc1. The van der Waals surface area contributed by atoms with Crippen LogP contribution in [0.2, 0.25) is 0 Å². The normalized spacial score (nSPS) is 10.3. The lowest BCUT2D eigenvalue weighted by Gasteiger charge is -2.06. The van der Waals surface area contributed by atoms with Crippen molar-refractivity contribution < 1.29 is 9.59 Å². The van der Waals surface area contributed by atoms with Gasteiger partial charge in [0.25, 0.3) is 5.91 Å². The Bertz CT molecular complexity index is 875. The summed E-state index contributed by atoms with van der Waals surface area (Å²) in [5, 5.41) is 2.89. The predicted molar refractivity (Wildman–Crippen MR) is 86.8 cm³/mol. The number of allylic oxidation sites excluding steroid dienone is 1. The van der Waals surface area contributed by atoms with Gasteiger partial charge in [0.1, 0.15) is 11.6 Å². The predicted octanol–water partition coefficient (Wildman–Crippen LogP) is 2.19. The third kappa shape index (κ3) is 3.54. The molecular weight excluding hydrogens is 290 g/mol. The number of hydrogen-bond donors (Lipinski definition) is 1. The lowest BCUT2D eigenvalue weighted by molar-refractivity contribution is 0.0950. The highest BCUT2D eigenvalue weighted by Gasteiger charge is 2.06. The van der Waals surface area contributed by atoms with Crippen LogP contribution < -0.4 is 5.32 Å². The zero-order chi connectivity index (χ0) is 16.1. The molecular formula is C18H15N3O2. The molecule has 0 atom stereocenters. The van der Waals surface area contributed by atoms with Crippen molar-refractivity contribution in [3.63, 3.8) is 0 Å². The number of aromatic nitrogens is 2. The van der Waals surface area contributed by atoms with Crippen LogP contribution in [0.4, 0.5) is 0 Å². The summed E-state index contributed by atoms with van der Waals surface area (Å²) in [5.41, 5.74) is 3.43. The number of fused-ring (bicyclic) bond motifs is 1. The Labute approximate surface area is 133 Å². The van der Waals surface area contributed by atoms with Crippen LogP contribution in [0.25, 0.3) is 5.65 Å². The van der Waals surface area contributed by atoms with Gasteiger partial charge in [-0.3, -0.25) is 4.79 Å². The fourth-order valence-corrected chi connectivity index (χ4v) is 2.29. The second-order valence-electron chi connectivity index (χ2n) is 5.14. The molecule has 2 heterocycles. The summed E-state index contributed by atoms with van der Waals surface area (Å²) in [5.74, 6) is 1.63. The second kappa shape index (κ2) is 6.73. The van der Waals surface area contributed by atoms with Crippen LogP contribution in [0, 0.1) is 0 Å². The van der Waals surface area contributed by atoms with Gasteiger partial charge in [0.15, 0.2) is 0 Å². The minimum Gasteiger partial charge on any atom is -0.348 e. The fraction of sp³-hybridized carbons (Fsp3) is 0.111. The Morgan fingerprint density at radius 3 is 2.74 bits per heavy atom. The highest BCUT2D eigenvalue weighted by atomic mass is 16.1. The number of rotatable bonds is 5. The summed E-state index contributed by atoms with van der Waals surface area (Å²) in [7, 11) is 0. The molecule has 0 saturated carbocycles. The number of pyridine rings is 1. The van der Waals surface area contributed by atoms with E-state index < -0.39 is 0 Å². The zero-order valence-corrected chi connectivity index (χ0v) is 12.4. The van der Waals surface area contributed by atoms with E-state index in [1.54, 1.807) is 30.6 Å². The van der Waals surface area contributed by atoms with E-state index in [9.17, 15) is 9.59 Å². The molecule has 0 aliphatic rings. The Hall–Kier alpha value is -3.17. The average molecular weight is 305 g/mol. The first-order valence-corrected chi connectivity index (χ1v) is 7.24. The van der Waals surface area contributed by atoms with Gasteiger partial charge in [-0.1, -0.05) is 24.3 Å². The molecule has 0 saturated heterocycles. The summed E-state index contributed by atoms with van der Waals surface area (Å²) in [4.78, 5) is 26.5. The van der Waals surface area contributed by atoms with Crippen LogP contribution in [0.3, 0.4) is 0 Å². The third-order valence-electron chi connectivity index (χ3n) is 3.55. The molecule has 0 bridgehead atoms. The zero-order valence-electron chi connectivity index (χ0n) is 12.4. The highest BCUT2D eigenvalue weighted by molar-refractivity contribution is 5.94. The van der Waals surface area contributed by atoms with Crippen molar-refractivity contribution in [1.29, 1.82) is 0 Å². The smallest absolute Gasteiger partial charge is 0.253 e. The maximum Gasteiger partial charge on any atom is 0.253 e. The number of imidazole rings is 1. The highest BCUT2D eigenvalue weighted by Crippen LogP contribution is 2.07. The standard InChI is InChI=1S/C18H15N3O2/c22-11-1-2-14-3-5-15(6-4-14)12-20-18(23)16-7-8-17-19-9-10-21(17)13-16/h1,3-10,13H,2,12H2,(H,20,23). The molecule has 3 aromatic rings. The van der Waals surface area contributed by atoms with Gasteiger partial charge in [-0.2, -0.15) is 0 Å². The van der Waals surface area contributed by atoms with E-state index in [1.807, 2.05) is 34.7 Å². The van der Waals surface area contributed by atoms with Gasteiger partial charge in [-0.15, -0.1) is 0 Å². The molecule has 114 valence electrons. The van der Waals surface area contributed by atoms with Crippen LogP contribution in [0.15, 0.2) is 61.1 Å². The number of nitrogens with one attached hydrogen (secondary N) is 1. The van der Waals surface area contributed by atoms with E-state index in [0.29, 0.717) is 18.5 Å². The summed E-state index contributed by atoms with van der Waals surface area (Å²) in [6.45, 7) is 0.449. The van der Waals surface area contributed by atoms with Crippen LogP contribution in [0.1, 0.15) is 21.5 Å². The van der Waals surface area contributed by atoms with Crippen molar-refractivity contribution in [3.8, 4) is 0 Å². The molecule has 1 amide bonds. The minimum absolute atomic E-state index is 0.131. The van der Waals surface area contributed by atoms with Gasteiger partial charge in [-0.25, -0.2) is 9.78 Å². The van der Waals surface area contributed by atoms with Crippen molar-refractivity contribution in [2.45, 2.75) is 13.0 Å². The van der Waals surface area contributed by atoms with Gasteiger partial charge in [0, 0.05) is 37.6 Å². The molecule has 0 radical (unpaired) electrons. The van der Waals surface area contributed by atoms with E-state index in [-0.39, 0.29) is 5.91 Å². The first kappa shape index (κ1) is 14.8. The largest absolute Gasteiger partial charge is 0.348 e. The maximum atomic E-state index is 12.2. The molecule has 5 heteroatoms. The fourth-order valence-electron chi connectivity index (χ4n) is 2.29. The molecule has 5 nitrogen and oxygen atoms in total. The van der Waals surface area contributed by atoms with Gasteiger partial charge in [0.05, 0.1) is 5.56 Å². The molecule has 3 rings (SSSR count). The van der Waals surface area contributed by atoms with Crippen LogP contribution >= 0.6 is 0 Å². The Morgan fingerprint density at radius 1 is 1.17 bits per heavy atom. The van der Waals surface area contributed by atoms with E-state index in [0.717, 1.165) is 16.8 Å². The lowest BCUT2D eigenvalue weighted by atomic mass is 10.1. The van der Waals surface area contributed by atoms with Crippen molar-refractivity contribution in [2.24, 2.45) is 0 Å². The summed E-state index contributed by atoms with van der Waals surface area (Å²) >= 11 is 0. The molecule has 1 aromatic carbocycles. The molecule has 0 unspecified atom stereocenters. The summed E-state index contributed by atoms with van der Waals surface area (Å²) < 4.78 is 1.81. The van der Waals surface area contributed by atoms with Crippen LogP contribution in [0.5, 0.6) is 0 Å². The first-order chi connectivity index (χ1) is 11.3. The first-order valence-electron chi connectivity index (χ1n) is 7.24. The van der Waals surface area contributed by atoms with Crippen LogP contribution in [-0.4, -0.2) is 21.2 Å². The number of carbonyl (C=O) groups excluding carboxylic acids is 2. The van der Waals surface area contributed by atoms with E-state index in [1.165, 1.54) is 6.08 Å². The molecule has 0 aliphatic heterocycles. The third-order valence-corrected chi connectivity index (χ3v) is 3.55. The molecule has 0 aliphatic carbocycles. The van der Waals surface area contributed by atoms with Gasteiger partial charge >= 0.3 is 0 Å². The number of amides is 1. The number of benzene rings is 1. The topological polar surface area (TPSA) is 63.5 Å². The van der Waals surface area contributed by atoms with E-state index in [4.69, 9.17) is 0 Å². The molecule has 0 fully saturated rings. The van der Waals surface area contributed by atoms with Gasteiger partial charge in [0.2, 0.25) is 0 Å². The Kier molecular flexibility index (Phi) is 4.32. The Morgan fingerprint density at radius 2 is 1.96 bits per heavy atom. The minimum atomic E-state index is -0.131. The Balaban J connectivity index is 1.62. The number of nitrogens with zero attached hydrogens (tertiary/aromatic N) is 2. The van der Waals surface area contributed by atoms with Crippen molar-refractivity contribution in [2.75, 3.05) is 0 Å². The van der Waals surface area contributed by atoms with E-state index in [2.05, 4.69) is 10.3 Å². The number of hydrogen-bond acceptors (Lipinski definition) is 3.